The summed E-state index contributed by atoms with van der Waals surface area (Å²) >= 11 is 0. The van der Waals surface area contributed by atoms with Crippen molar-refractivity contribution in [2.45, 2.75) is 37.7 Å². The van der Waals surface area contributed by atoms with Gasteiger partial charge in [0.1, 0.15) is 23.4 Å². The van der Waals surface area contributed by atoms with Crippen LogP contribution in [0.15, 0.2) is 41.3 Å². The Morgan fingerprint density at radius 3 is 2.62 bits per heavy atom. The molecule has 1 fully saturated rings. The quantitative estimate of drug-likeness (QED) is 0.614. The number of methoxy groups -OCH3 is 1. The highest BCUT2D eigenvalue weighted by Crippen LogP contribution is 2.24. The molecule has 1 saturated heterocycles. The second-order valence-corrected chi connectivity index (χ2v) is 9.10. The summed E-state index contributed by atoms with van der Waals surface area (Å²) in [5.74, 6) is 0.716. The van der Waals surface area contributed by atoms with Gasteiger partial charge < -0.3 is 9.57 Å². The van der Waals surface area contributed by atoms with Crippen molar-refractivity contribution in [1.29, 1.82) is 0 Å². The fourth-order valence-electron chi connectivity index (χ4n) is 3.54. The van der Waals surface area contributed by atoms with Crippen molar-refractivity contribution in [1.82, 2.24) is 19.5 Å². The molecule has 9 heteroatoms. The van der Waals surface area contributed by atoms with E-state index < -0.39 is 10.0 Å². The fourth-order valence-corrected chi connectivity index (χ4v) is 5.08. The summed E-state index contributed by atoms with van der Waals surface area (Å²) in [6.07, 6.45) is 2.85. The molecule has 0 atom stereocenters. The minimum absolute atomic E-state index is 0.215. The third-order valence-electron chi connectivity index (χ3n) is 5.12. The van der Waals surface area contributed by atoms with E-state index in [-0.39, 0.29) is 11.5 Å². The van der Waals surface area contributed by atoms with Gasteiger partial charge in [0.2, 0.25) is 10.0 Å². The Bertz CT molecular complexity index is 1120. The number of aromatic nitrogens is 3. The van der Waals surface area contributed by atoms with Gasteiger partial charge in [0.05, 0.1) is 12.0 Å². The standard InChI is InChI=1S/C20H24N4O4S/c1-15-6-9-20(27-2)16(12-15)14-28-24-19-13-17(7-8-18(19)21-22-24)29(25,26)23-10-4-3-5-11-23/h6-9,12-13H,3-5,10-11,14H2,1-2H3. The van der Waals surface area contributed by atoms with Gasteiger partial charge in [0.15, 0.2) is 0 Å². The lowest BCUT2D eigenvalue weighted by Gasteiger charge is -2.25. The van der Waals surface area contributed by atoms with Crippen molar-refractivity contribution in [3.63, 3.8) is 0 Å². The molecule has 1 aromatic heterocycles. The summed E-state index contributed by atoms with van der Waals surface area (Å²) < 4.78 is 32.9. The van der Waals surface area contributed by atoms with Gasteiger partial charge in [-0.25, -0.2) is 8.42 Å². The van der Waals surface area contributed by atoms with E-state index in [4.69, 9.17) is 9.57 Å². The first-order chi connectivity index (χ1) is 14.0. The number of fused-ring (bicyclic) bond motifs is 1. The second kappa shape index (κ2) is 8.00. The Hall–Kier alpha value is -2.65. The van der Waals surface area contributed by atoms with Crippen LogP contribution in [0.2, 0.25) is 0 Å². The van der Waals surface area contributed by atoms with Gasteiger partial charge in [0.25, 0.3) is 0 Å². The zero-order chi connectivity index (χ0) is 20.4. The molecule has 1 aliphatic rings. The Kier molecular flexibility index (Phi) is 5.42. The number of sulfonamides is 1. The van der Waals surface area contributed by atoms with Crippen LogP contribution in [0.25, 0.3) is 11.0 Å². The van der Waals surface area contributed by atoms with Gasteiger partial charge >= 0.3 is 0 Å². The van der Waals surface area contributed by atoms with E-state index in [0.29, 0.717) is 29.9 Å². The number of rotatable bonds is 6. The van der Waals surface area contributed by atoms with Crippen molar-refractivity contribution in [2.24, 2.45) is 0 Å². The van der Waals surface area contributed by atoms with Gasteiger partial charge in [0, 0.05) is 18.7 Å². The summed E-state index contributed by atoms with van der Waals surface area (Å²) in [6.45, 7) is 3.32. The second-order valence-electron chi connectivity index (χ2n) is 7.17. The first kappa shape index (κ1) is 19.7. The molecule has 29 heavy (non-hydrogen) atoms. The fraction of sp³-hybridized carbons (Fsp3) is 0.400. The number of hydrogen-bond acceptors (Lipinski definition) is 6. The highest BCUT2D eigenvalue weighted by molar-refractivity contribution is 7.89. The van der Waals surface area contributed by atoms with Crippen molar-refractivity contribution in [3.05, 3.63) is 47.5 Å². The molecule has 0 bridgehead atoms. The number of nitrogens with zero attached hydrogens (tertiary/aromatic N) is 4. The zero-order valence-electron chi connectivity index (χ0n) is 16.5. The maximum absolute atomic E-state index is 13.0. The van der Waals surface area contributed by atoms with Crippen molar-refractivity contribution < 1.29 is 18.0 Å². The van der Waals surface area contributed by atoms with E-state index in [1.807, 2.05) is 25.1 Å². The van der Waals surface area contributed by atoms with E-state index in [1.165, 1.54) is 4.85 Å². The molecule has 1 aliphatic heterocycles. The summed E-state index contributed by atoms with van der Waals surface area (Å²) in [4.78, 5) is 7.31. The molecule has 0 spiro atoms. The SMILES string of the molecule is COc1ccc(C)cc1COn1nnc2ccc(S(=O)(=O)N3CCCCC3)cc21. The number of aryl methyl sites for hydroxylation is 1. The predicted octanol–water partition coefficient (Wildman–Crippen LogP) is 2.55. The Balaban J connectivity index is 1.62. The van der Waals surface area contributed by atoms with Gasteiger partial charge in [-0.15, -0.1) is 5.10 Å². The number of ether oxygens (including phenoxy) is 1. The van der Waals surface area contributed by atoms with Crippen LogP contribution in [0.5, 0.6) is 5.75 Å². The molecule has 0 N–H and O–H groups in total. The molecule has 2 heterocycles. The smallest absolute Gasteiger partial charge is 0.243 e. The van der Waals surface area contributed by atoms with Gasteiger partial charge in [-0.2, -0.15) is 4.31 Å². The lowest BCUT2D eigenvalue weighted by molar-refractivity contribution is 0.0738. The summed E-state index contributed by atoms with van der Waals surface area (Å²) in [6, 6.07) is 10.6. The van der Waals surface area contributed by atoms with Crippen LogP contribution >= 0.6 is 0 Å². The summed E-state index contributed by atoms with van der Waals surface area (Å²) in [5.41, 5.74) is 3.03. The monoisotopic (exact) mass is 416 g/mol. The molecule has 2 aromatic carbocycles. The average Bonchev–Trinajstić information content (AvgIpc) is 3.15. The van der Waals surface area contributed by atoms with E-state index in [9.17, 15) is 8.42 Å². The van der Waals surface area contributed by atoms with Crippen LogP contribution in [0.3, 0.4) is 0 Å². The van der Waals surface area contributed by atoms with E-state index >= 15 is 0 Å². The van der Waals surface area contributed by atoms with E-state index in [2.05, 4.69) is 10.3 Å². The van der Waals surface area contributed by atoms with Crippen LogP contribution in [-0.4, -0.2) is 48.1 Å². The van der Waals surface area contributed by atoms with Gasteiger partial charge in [-0.1, -0.05) is 22.9 Å². The molecule has 0 radical (unpaired) electrons. The van der Waals surface area contributed by atoms with Crippen molar-refractivity contribution in [2.75, 3.05) is 20.2 Å². The minimum Gasteiger partial charge on any atom is -0.496 e. The maximum atomic E-state index is 13.0. The first-order valence-electron chi connectivity index (χ1n) is 9.61. The molecule has 0 amide bonds. The minimum atomic E-state index is -3.54. The first-order valence-corrected chi connectivity index (χ1v) is 11.1. The normalized spacial score (nSPS) is 15.5. The third kappa shape index (κ3) is 3.92. The Morgan fingerprint density at radius 1 is 1.07 bits per heavy atom. The summed E-state index contributed by atoms with van der Waals surface area (Å²) in [5, 5.41) is 8.09. The molecule has 3 aromatic rings. The highest BCUT2D eigenvalue weighted by atomic mass is 32.2. The molecule has 8 nitrogen and oxygen atoms in total. The topological polar surface area (TPSA) is 86.5 Å². The maximum Gasteiger partial charge on any atom is 0.243 e. The lowest BCUT2D eigenvalue weighted by Crippen LogP contribution is -2.35. The predicted molar refractivity (Wildman–Crippen MR) is 108 cm³/mol. The number of hydrogen-bond donors (Lipinski definition) is 0. The molecular weight excluding hydrogens is 392 g/mol. The molecule has 4 rings (SSSR count). The van der Waals surface area contributed by atoms with E-state index in [0.717, 1.165) is 30.4 Å². The van der Waals surface area contributed by atoms with Crippen LogP contribution in [0.1, 0.15) is 30.4 Å². The molecule has 0 saturated carbocycles. The molecule has 0 aliphatic carbocycles. The molecule has 154 valence electrons. The lowest BCUT2D eigenvalue weighted by atomic mass is 10.1. The van der Waals surface area contributed by atoms with Crippen molar-refractivity contribution in [3.8, 4) is 5.75 Å². The Morgan fingerprint density at radius 2 is 1.86 bits per heavy atom. The average molecular weight is 417 g/mol. The Labute approximate surface area is 170 Å². The van der Waals surface area contributed by atoms with Gasteiger partial charge in [-0.05, 0) is 55.3 Å². The van der Waals surface area contributed by atoms with Gasteiger partial charge in [-0.3, -0.25) is 0 Å². The largest absolute Gasteiger partial charge is 0.496 e. The van der Waals surface area contributed by atoms with Crippen LogP contribution < -0.4 is 9.57 Å². The molecular formula is C20H24N4O4S. The van der Waals surface area contributed by atoms with Crippen LogP contribution in [0, 0.1) is 6.92 Å². The van der Waals surface area contributed by atoms with Crippen LogP contribution in [0.4, 0.5) is 0 Å². The highest BCUT2D eigenvalue weighted by Gasteiger charge is 2.26. The van der Waals surface area contributed by atoms with Crippen molar-refractivity contribution >= 4 is 21.1 Å². The number of benzene rings is 2. The zero-order valence-corrected chi connectivity index (χ0v) is 17.4. The van der Waals surface area contributed by atoms with E-state index in [1.54, 1.807) is 29.6 Å². The molecule has 0 unspecified atom stereocenters. The number of piperidine rings is 1. The van der Waals surface area contributed by atoms with Crippen LogP contribution in [-0.2, 0) is 16.6 Å². The summed E-state index contributed by atoms with van der Waals surface area (Å²) in [7, 11) is -1.93. The third-order valence-corrected chi connectivity index (χ3v) is 7.01.